The third-order valence-corrected chi connectivity index (χ3v) is 4.04. The second-order valence-corrected chi connectivity index (χ2v) is 5.32. The van der Waals surface area contributed by atoms with Gasteiger partial charge < -0.3 is 10.6 Å². The molecule has 1 aromatic carbocycles. The van der Waals surface area contributed by atoms with Crippen molar-refractivity contribution in [1.29, 1.82) is 0 Å². The molecule has 0 aromatic heterocycles. The molecular weight excluding hydrogens is 222 g/mol. The molecule has 2 N–H and O–H groups in total. The van der Waals surface area contributed by atoms with E-state index in [1.165, 1.54) is 23.2 Å². The standard InChI is InChI=1S/C15H25N3/c1-4-14-11-18(8-7-17(14)3)15-6-5-12(2)9-13(15)10-16/h5-6,9,14H,4,7-8,10-11,16H2,1-3H3. The van der Waals surface area contributed by atoms with E-state index in [-0.39, 0.29) is 0 Å². The maximum absolute atomic E-state index is 5.88. The van der Waals surface area contributed by atoms with Crippen molar-refractivity contribution in [3.8, 4) is 0 Å². The number of anilines is 1. The van der Waals surface area contributed by atoms with Gasteiger partial charge in [0.1, 0.15) is 0 Å². The monoisotopic (exact) mass is 247 g/mol. The first kappa shape index (κ1) is 13.4. The van der Waals surface area contributed by atoms with Gasteiger partial charge in [0.2, 0.25) is 0 Å². The van der Waals surface area contributed by atoms with Gasteiger partial charge >= 0.3 is 0 Å². The third-order valence-electron chi connectivity index (χ3n) is 4.04. The van der Waals surface area contributed by atoms with Crippen LogP contribution < -0.4 is 10.6 Å². The van der Waals surface area contributed by atoms with Gasteiger partial charge in [-0.25, -0.2) is 0 Å². The van der Waals surface area contributed by atoms with E-state index in [2.05, 4.69) is 48.9 Å². The summed E-state index contributed by atoms with van der Waals surface area (Å²) >= 11 is 0. The molecule has 0 amide bonds. The van der Waals surface area contributed by atoms with Gasteiger partial charge in [0.05, 0.1) is 0 Å². The summed E-state index contributed by atoms with van der Waals surface area (Å²) in [6, 6.07) is 7.29. The number of aryl methyl sites for hydroxylation is 1. The molecule has 1 unspecified atom stereocenters. The fourth-order valence-corrected chi connectivity index (χ4v) is 2.79. The van der Waals surface area contributed by atoms with Gasteiger partial charge in [-0.3, -0.25) is 4.90 Å². The van der Waals surface area contributed by atoms with Gasteiger partial charge in [-0.05, 0) is 32.0 Å². The summed E-state index contributed by atoms with van der Waals surface area (Å²) in [4.78, 5) is 4.96. The number of nitrogens with two attached hydrogens (primary N) is 1. The fraction of sp³-hybridized carbons (Fsp3) is 0.600. The van der Waals surface area contributed by atoms with Crippen molar-refractivity contribution in [2.24, 2.45) is 5.73 Å². The van der Waals surface area contributed by atoms with Crippen LogP contribution in [0.25, 0.3) is 0 Å². The Labute approximate surface area is 111 Å². The summed E-state index contributed by atoms with van der Waals surface area (Å²) in [5, 5.41) is 0. The first-order chi connectivity index (χ1) is 8.65. The lowest BCUT2D eigenvalue weighted by Crippen LogP contribution is -2.51. The molecule has 1 aliphatic heterocycles. The summed E-state index contributed by atoms with van der Waals surface area (Å²) in [5.74, 6) is 0. The lowest BCUT2D eigenvalue weighted by atomic mass is 10.0. The van der Waals surface area contributed by atoms with Crippen LogP contribution in [-0.4, -0.2) is 37.6 Å². The van der Waals surface area contributed by atoms with E-state index in [9.17, 15) is 0 Å². The van der Waals surface area contributed by atoms with Crippen molar-refractivity contribution in [1.82, 2.24) is 4.90 Å². The summed E-state index contributed by atoms with van der Waals surface area (Å²) in [6.07, 6.45) is 1.21. The molecule has 1 fully saturated rings. The van der Waals surface area contributed by atoms with Crippen LogP contribution in [0.3, 0.4) is 0 Å². The molecule has 1 aliphatic rings. The highest BCUT2D eigenvalue weighted by molar-refractivity contribution is 5.55. The summed E-state index contributed by atoms with van der Waals surface area (Å²) in [7, 11) is 2.23. The van der Waals surface area contributed by atoms with Gasteiger partial charge in [-0.1, -0.05) is 24.6 Å². The van der Waals surface area contributed by atoms with Crippen LogP contribution in [0.4, 0.5) is 5.69 Å². The van der Waals surface area contributed by atoms with Crippen LogP contribution in [-0.2, 0) is 6.54 Å². The minimum atomic E-state index is 0.625. The van der Waals surface area contributed by atoms with Crippen LogP contribution in [0.2, 0.25) is 0 Å². The second-order valence-electron chi connectivity index (χ2n) is 5.32. The highest BCUT2D eigenvalue weighted by atomic mass is 15.3. The first-order valence-electron chi connectivity index (χ1n) is 6.90. The second kappa shape index (κ2) is 5.72. The topological polar surface area (TPSA) is 32.5 Å². The van der Waals surface area contributed by atoms with Gasteiger partial charge in [0, 0.05) is 37.9 Å². The maximum Gasteiger partial charge on any atom is 0.0412 e. The molecule has 0 radical (unpaired) electrons. The Bertz CT molecular complexity index is 403. The van der Waals surface area contributed by atoms with E-state index in [1.54, 1.807) is 0 Å². The number of nitrogens with zero attached hydrogens (tertiary/aromatic N) is 2. The Morgan fingerprint density at radius 2 is 2.11 bits per heavy atom. The van der Waals surface area contributed by atoms with Crippen molar-refractivity contribution in [2.45, 2.75) is 32.9 Å². The molecule has 100 valence electrons. The molecule has 3 heteroatoms. The van der Waals surface area contributed by atoms with Crippen molar-refractivity contribution < 1.29 is 0 Å². The lowest BCUT2D eigenvalue weighted by molar-refractivity contribution is 0.213. The minimum Gasteiger partial charge on any atom is -0.368 e. The zero-order valence-electron chi connectivity index (χ0n) is 11.8. The van der Waals surface area contributed by atoms with E-state index in [0.29, 0.717) is 12.6 Å². The number of hydrogen-bond acceptors (Lipinski definition) is 3. The number of piperazine rings is 1. The number of hydrogen-bond donors (Lipinski definition) is 1. The summed E-state index contributed by atoms with van der Waals surface area (Å²) in [5.41, 5.74) is 9.78. The quantitative estimate of drug-likeness (QED) is 0.886. The van der Waals surface area contributed by atoms with Crippen LogP contribution in [0.5, 0.6) is 0 Å². The van der Waals surface area contributed by atoms with E-state index < -0.39 is 0 Å². The van der Waals surface area contributed by atoms with Crippen molar-refractivity contribution in [3.63, 3.8) is 0 Å². The smallest absolute Gasteiger partial charge is 0.0412 e. The molecule has 1 atom stereocenters. The normalized spacial score (nSPS) is 21.3. The first-order valence-corrected chi connectivity index (χ1v) is 6.90. The van der Waals surface area contributed by atoms with Crippen LogP contribution in [0.15, 0.2) is 18.2 Å². The molecule has 0 aliphatic carbocycles. The predicted octanol–water partition coefficient (Wildman–Crippen LogP) is 1.98. The number of likely N-dealkylation sites (N-methyl/N-ethyl adjacent to an activating group) is 1. The molecule has 0 saturated carbocycles. The van der Waals surface area contributed by atoms with E-state index in [4.69, 9.17) is 5.73 Å². The van der Waals surface area contributed by atoms with Crippen molar-refractivity contribution in [2.75, 3.05) is 31.6 Å². The largest absolute Gasteiger partial charge is 0.368 e. The number of rotatable bonds is 3. The Hall–Kier alpha value is -1.06. The average molecular weight is 247 g/mol. The van der Waals surface area contributed by atoms with E-state index in [0.717, 1.165) is 19.6 Å². The van der Waals surface area contributed by atoms with Crippen LogP contribution in [0, 0.1) is 6.92 Å². The minimum absolute atomic E-state index is 0.625. The van der Waals surface area contributed by atoms with Gasteiger partial charge in [-0.15, -0.1) is 0 Å². The molecule has 0 bridgehead atoms. The predicted molar refractivity (Wildman–Crippen MR) is 78.0 cm³/mol. The van der Waals surface area contributed by atoms with Crippen molar-refractivity contribution in [3.05, 3.63) is 29.3 Å². The highest BCUT2D eigenvalue weighted by Gasteiger charge is 2.23. The van der Waals surface area contributed by atoms with Crippen LogP contribution in [0.1, 0.15) is 24.5 Å². The van der Waals surface area contributed by atoms with Crippen molar-refractivity contribution >= 4 is 5.69 Å². The summed E-state index contributed by atoms with van der Waals surface area (Å²) in [6.45, 7) is 8.37. The fourth-order valence-electron chi connectivity index (χ4n) is 2.79. The van der Waals surface area contributed by atoms with E-state index >= 15 is 0 Å². The molecule has 2 rings (SSSR count). The molecule has 1 aromatic rings. The third kappa shape index (κ3) is 2.68. The highest BCUT2D eigenvalue weighted by Crippen LogP contribution is 2.24. The van der Waals surface area contributed by atoms with E-state index in [1.807, 2.05) is 0 Å². The summed E-state index contributed by atoms with van der Waals surface area (Å²) < 4.78 is 0. The molecule has 3 nitrogen and oxygen atoms in total. The van der Waals surface area contributed by atoms with Gasteiger partial charge in [0.25, 0.3) is 0 Å². The maximum atomic E-state index is 5.88. The molecule has 0 spiro atoms. The average Bonchev–Trinajstić information content (AvgIpc) is 2.39. The SMILES string of the molecule is CCC1CN(c2ccc(C)cc2CN)CCN1C. The molecule has 18 heavy (non-hydrogen) atoms. The Balaban J connectivity index is 2.21. The molecule has 1 saturated heterocycles. The molecular formula is C15H25N3. The Morgan fingerprint density at radius 3 is 2.78 bits per heavy atom. The zero-order valence-corrected chi connectivity index (χ0v) is 11.8. The van der Waals surface area contributed by atoms with Crippen LogP contribution >= 0.6 is 0 Å². The number of benzene rings is 1. The lowest BCUT2D eigenvalue weighted by Gasteiger charge is -2.41. The Kier molecular flexibility index (Phi) is 4.25. The van der Waals surface area contributed by atoms with Gasteiger partial charge in [0.15, 0.2) is 0 Å². The Morgan fingerprint density at radius 1 is 1.33 bits per heavy atom. The zero-order chi connectivity index (χ0) is 13.1. The van der Waals surface area contributed by atoms with Gasteiger partial charge in [-0.2, -0.15) is 0 Å². The molecule has 1 heterocycles.